The van der Waals surface area contributed by atoms with Crippen molar-refractivity contribution >= 4 is 39.8 Å². The van der Waals surface area contributed by atoms with Crippen molar-refractivity contribution in [2.24, 2.45) is 0 Å². The number of halogens is 1. The van der Waals surface area contributed by atoms with Gasteiger partial charge >= 0.3 is 0 Å². The molecule has 2 rings (SSSR count). The van der Waals surface area contributed by atoms with Gasteiger partial charge in [-0.05, 0) is 30.7 Å². The van der Waals surface area contributed by atoms with E-state index in [9.17, 15) is 0 Å². The summed E-state index contributed by atoms with van der Waals surface area (Å²) in [6, 6.07) is 5.98. The Morgan fingerprint density at radius 3 is 2.81 bits per heavy atom. The van der Waals surface area contributed by atoms with E-state index in [2.05, 4.69) is 28.5 Å². The van der Waals surface area contributed by atoms with Crippen molar-refractivity contribution in [3.05, 3.63) is 28.8 Å². The molecule has 1 heterocycles. The summed E-state index contributed by atoms with van der Waals surface area (Å²) in [5.41, 5.74) is 1.12. The van der Waals surface area contributed by atoms with E-state index < -0.39 is 0 Å². The lowest BCUT2D eigenvalue weighted by Gasteiger charge is -2.10. The summed E-state index contributed by atoms with van der Waals surface area (Å²) >= 11 is 9.54. The van der Waals surface area contributed by atoms with Crippen LogP contribution in [0.1, 0.15) is 18.9 Å². The third-order valence-electron chi connectivity index (χ3n) is 2.78. The van der Waals surface area contributed by atoms with Gasteiger partial charge in [-0.3, -0.25) is 0 Å². The second-order valence-corrected chi connectivity index (χ2v) is 7.39. The van der Waals surface area contributed by atoms with Crippen LogP contribution >= 0.6 is 34.7 Å². The molecule has 1 aromatic carbocycles. The summed E-state index contributed by atoms with van der Waals surface area (Å²) in [7, 11) is 3.93. The van der Waals surface area contributed by atoms with Crippen molar-refractivity contribution in [1.82, 2.24) is 15.5 Å². The lowest BCUT2D eigenvalue weighted by Crippen LogP contribution is -2.14. The minimum atomic E-state index is 0.773. The van der Waals surface area contributed by atoms with Gasteiger partial charge in [0.1, 0.15) is 0 Å². The molecule has 114 valence electrons. The minimum Gasteiger partial charge on any atom is -0.353 e. The number of rotatable bonds is 7. The first kappa shape index (κ1) is 16.5. The summed E-state index contributed by atoms with van der Waals surface area (Å²) < 4.78 is 0.928. The maximum Gasteiger partial charge on any atom is 0.208 e. The minimum absolute atomic E-state index is 0.773. The molecule has 0 aliphatic rings. The predicted octanol–water partition coefficient (Wildman–Crippen LogP) is 3.91. The van der Waals surface area contributed by atoms with E-state index in [1.807, 2.05) is 31.1 Å². The maximum absolute atomic E-state index is 6.34. The second kappa shape index (κ2) is 7.98. The number of anilines is 1. The monoisotopic (exact) mass is 342 g/mol. The van der Waals surface area contributed by atoms with Crippen LogP contribution in [-0.2, 0) is 6.54 Å². The first-order valence-electron chi connectivity index (χ1n) is 6.78. The van der Waals surface area contributed by atoms with Gasteiger partial charge in [-0.2, -0.15) is 0 Å². The number of hydrogen-bond acceptors (Lipinski definition) is 6. The van der Waals surface area contributed by atoms with Gasteiger partial charge in [0.25, 0.3) is 0 Å². The van der Waals surface area contributed by atoms with E-state index in [-0.39, 0.29) is 0 Å². The second-order valence-electron chi connectivity index (χ2n) is 4.74. The van der Waals surface area contributed by atoms with Crippen LogP contribution in [0.25, 0.3) is 0 Å². The maximum atomic E-state index is 6.34. The van der Waals surface area contributed by atoms with Crippen LogP contribution in [0.15, 0.2) is 27.4 Å². The van der Waals surface area contributed by atoms with E-state index in [4.69, 9.17) is 11.6 Å². The van der Waals surface area contributed by atoms with Crippen LogP contribution in [0.5, 0.6) is 0 Å². The van der Waals surface area contributed by atoms with Gasteiger partial charge in [0.15, 0.2) is 4.34 Å². The molecule has 0 bridgehead atoms. The van der Waals surface area contributed by atoms with Crippen LogP contribution < -0.4 is 10.2 Å². The average molecular weight is 343 g/mol. The standard InChI is InChI=1S/C14H19ClN4S2/c1-4-8-16-9-10-11(15)6-5-7-12(10)20-14-18-17-13(21-14)19(2)3/h5-7,16H,4,8-9H2,1-3H3. The molecular formula is C14H19ClN4S2. The zero-order valence-corrected chi connectivity index (χ0v) is 14.8. The summed E-state index contributed by atoms with van der Waals surface area (Å²) in [6.45, 7) is 3.91. The zero-order valence-electron chi connectivity index (χ0n) is 12.4. The summed E-state index contributed by atoms with van der Waals surface area (Å²) in [5, 5.41) is 13.5. The fraction of sp³-hybridized carbons (Fsp3) is 0.429. The van der Waals surface area contributed by atoms with Gasteiger partial charge in [0, 0.05) is 30.6 Å². The summed E-state index contributed by atoms with van der Waals surface area (Å²) in [5.74, 6) is 0. The Bertz CT molecular complexity index is 586. The van der Waals surface area contributed by atoms with Gasteiger partial charge < -0.3 is 10.2 Å². The Balaban J connectivity index is 2.16. The molecule has 2 aromatic rings. The number of benzene rings is 1. The Morgan fingerprint density at radius 1 is 1.33 bits per heavy atom. The van der Waals surface area contributed by atoms with Gasteiger partial charge in [-0.25, -0.2) is 0 Å². The predicted molar refractivity (Wildman–Crippen MR) is 91.8 cm³/mol. The molecular weight excluding hydrogens is 324 g/mol. The molecule has 7 heteroatoms. The highest BCUT2D eigenvalue weighted by Gasteiger charge is 2.12. The Labute approximate surface area is 138 Å². The van der Waals surface area contributed by atoms with Crippen molar-refractivity contribution in [2.45, 2.75) is 29.1 Å². The Hall–Kier alpha value is -0.820. The Morgan fingerprint density at radius 2 is 2.14 bits per heavy atom. The number of nitrogens with zero attached hydrogens (tertiary/aromatic N) is 3. The number of hydrogen-bond donors (Lipinski definition) is 1. The zero-order chi connectivity index (χ0) is 15.2. The van der Waals surface area contributed by atoms with Gasteiger partial charge in [0.2, 0.25) is 5.13 Å². The molecule has 0 aliphatic carbocycles. The molecule has 4 nitrogen and oxygen atoms in total. The molecule has 21 heavy (non-hydrogen) atoms. The molecule has 0 atom stereocenters. The van der Waals surface area contributed by atoms with E-state index in [0.29, 0.717) is 0 Å². The van der Waals surface area contributed by atoms with Crippen molar-refractivity contribution in [1.29, 1.82) is 0 Å². The highest BCUT2D eigenvalue weighted by atomic mass is 35.5. The van der Waals surface area contributed by atoms with E-state index in [0.717, 1.165) is 44.5 Å². The molecule has 0 amide bonds. The SMILES string of the molecule is CCCNCc1c(Cl)cccc1Sc1nnc(N(C)C)s1. The molecule has 0 fully saturated rings. The molecule has 0 spiro atoms. The molecule has 0 saturated carbocycles. The van der Waals surface area contributed by atoms with Crippen LogP contribution in [0.2, 0.25) is 5.02 Å². The highest BCUT2D eigenvalue weighted by Crippen LogP contribution is 2.36. The van der Waals surface area contributed by atoms with E-state index in [1.165, 1.54) is 0 Å². The van der Waals surface area contributed by atoms with Gasteiger partial charge in [-0.1, -0.05) is 47.7 Å². The van der Waals surface area contributed by atoms with Crippen LogP contribution in [0.4, 0.5) is 5.13 Å². The summed E-state index contributed by atoms with van der Waals surface area (Å²) in [6.07, 6.45) is 1.11. The van der Waals surface area contributed by atoms with E-state index in [1.54, 1.807) is 23.1 Å². The first-order chi connectivity index (χ1) is 10.1. The Kier molecular flexibility index (Phi) is 6.29. The molecule has 0 aliphatic heterocycles. The fourth-order valence-electron chi connectivity index (χ4n) is 1.71. The fourth-order valence-corrected chi connectivity index (χ4v) is 3.90. The average Bonchev–Trinajstić information content (AvgIpc) is 2.91. The van der Waals surface area contributed by atoms with Crippen molar-refractivity contribution in [3.8, 4) is 0 Å². The lowest BCUT2D eigenvalue weighted by atomic mass is 10.2. The van der Waals surface area contributed by atoms with Gasteiger partial charge in [0.05, 0.1) is 0 Å². The van der Waals surface area contributed by atoms with Crippen LogP contribution in [0, 0.1) is 0 Å². The topological polar surface area (TPSA) is 41.1 Å². The third kappa shape index (κ3) is 4.57. The van der Waals surface area contributed by atoms with Crippen molar-refractivity contribution < 1.29 is 0 Å². The number of aromatic nitrogens is 2. The normalized spacial score (nSPS) is 10.9. The van der Waals surface area contributed by atoms with Crippen molar-refractivity contribution in [3.63, 3.8) is 0 Å². The van der Waals surface area contributed by atoms with Crippen LogP contribution in [-0.4, -0.2) is 30.8 Å². The summed E-state index contributed by atoms with van der Waals surface area (Å²) in [4.78, 5) is 3.09. The molecule has 1 N–H and O–H groups in total. The largest absolute Gasteiger partial charge is 0.353 e. The molecule has 0 radical (unpaired) electrons. The smallest absolute Gasteiger partial charge is 0.208 e. The first-order valence-corrected chi connectivity index (χ1v) is 8.79. The van der Waals surface area contributed by atoms with E-state index >= 15 is 0 Å². The van der Waals surface area contributed by atoms with Gasteiger partial charge in [-0.15, -0.1) is 10.2 Å². The molecule has 0 saturated heterocycles. The highest BCUT2D eigenvalue weighted by molar-refractivity contribution is 8.01. The lowest BCUT2D eigenvalue weighted by molar-refractivity contribution is 0.669. The molecule has 1 aromatic heterocycles. The van der Waals surface area contributed by atoms with Crippen molar-refractivity contribution in [2.75, 3.05) is 25.5 Å². The van der Waals surface area contributed by atoms with Crippen LogP contribution in [0.3, 0.4) is 0 Å². The quantitative estimate of drug-likeness (QED) is 0.772. The number of nitrogens with one attached hydrogen (secondary N) is 1. The third-order valence-corrected chi connectivity index (χ3v) is 5.38. The molecule has 0 unspecified atom stereocenters.